The molecular formula is C11H10N4O2. The van der Waals surface area contributed by atoms with E-state index in [-0.39, 0.29) is 11.4 Å². The van der Waals surface area contributed by atoms with E-state index in [9.17, 15) is 9.59 Å². The van der Waals surface area contributed by atoms with Crippen LogP contribution in [0.15, 0.2) is 44.9 Å². The van der Waals surface area contributed by atoms with E-state index in [1.807, 2.05) is 23.2 Å². The minimum absolute atomic E-state index is 0.0655. The molecule has 0 bridgehead atoms. The van der Waals surface area contributed by atoms with Crippen molar-refractivity contribution in [3.63, 3.8) is 0 Å². The molecule has 2 aromatic rings. The number of aromatic amines is 2. The van der Waals surface area contributed by atoms with Crippen molar-refractivity contribution in [3.8, 4) is 0 Å². The van der Waals surface area contributed by atoms with E-state index in [1.54, 1.807) is 12.1 Å². The number of nitrogen functional groups attached to an aromatic ring is 1. The minimum atomic E-state index is -0.622. The lowest BCUT2D eigenvalue weighted by molar-refractivity contribution is 1.03. The maximum absolute atomic E-state index is 11.2. The molecule has 0 radical (unpaired) electrons. The Morgan fingerprint density at radius 1 is 1.12 bits per heavy atom. The van der Waals surface area contributed by atoms with E-state index in [0.29, 0.717) is 5.69 Å². The summed E-state index contributed by atoms with van der Waals surface area (Å²) in [6, 6.07) is 9.10. The summed E-state index contributed by atoms with van der Waals surface area (Å²) >= 11 is 0. The molecule has 0 amide bonds. The topological polar surface area (TPSA) is 104 Å². The first kappa shape index (κ1) is 10.9. The van der Waals surface area contributed by atoms with Crippen LogP contribution in [0.2, 0.25) is 0 Å². The molecular weight excluding hydrogens is 220 g/mol. The van der Waals surface area contributed by atoms with Gasteiger partial charge in [-0.2, -0.15) is 0 Å². The number of nitrogens with zero attached hydrogens (tertiary/aromatic N) is 1. The maximum Gasteiger partial charge on any atom is 0.326 e. The first-order chi connectivity index (χ1) is 8.16. The van der Waals surface area contributed by atoms with Gasteiger partial charge in [-0.3, -0.25) is 14.8 Å². The molecule has 17 heavy (non-hydrogen) atoms. The van der Waals surface area contributed by atoms with Crippen molar-refractivity contribution in [2.45, 2.75) is 0 Å². The monoisotopic (exact) mass is 230 g/mol. The van der Waals surface area contributed by atoms with Crippen molar-refractivity contribution in [3.05, 3.63) is 56.9 Å². The number of anilines is 1. The second-order valence-corrected chi connectivity index (χ2v) is 3.33. The zero-order valence-corrected chi connectivity index (χ0v) is 8.81. The van der Waals surface area contributed by atoms with Gasteiger partial charge in [0.25, 0.3) is 5.56 Å². The first-order valence-electron chi connectivity index (χ1n) is 4.88. The van der Waals surface area contributed by atoms with Gasteiger partial charge in [0.05, 0.1) is 17.6 Å². The van der Waals surface area contributed by atoms with Crippen LogP contribution in [0, 0.1) is 0 Å². The fourth-order valence-corrected chi connectivity index (χ4v) is 1.27. The Balaban J connectivity index is 2.40. The van der Waals surface area contributed by atoms with Crippen LogP contribution in [0.25, 0.3) is 0 Å². The highest BCUT2D eigenvalue weighted by molar-refractivity contribution is 5.85. The maximum atomic E-state index is 11.2. The van der Waals surface area contributed by atoms with Gasteiger partial charge >= 0.3 is 5.69 Å². The molecule has 1 aromatic heterocycles. The number of nitrogens with one attached hydrogen (secondary N) is 2. The summed E-state index contributed by atoms with van der Waals surface area (Å²) in [4.78, 5) is 30.8. The third-order valence-corrected chi connectivity index (χ3v) is 2.11. The number of hydrogen-bond acceptors (Lipinski definition) is 4. The van der Waals surface area contributed by atoms with Crippen molar-refractivity contribution in [2.75, 3.05) is 5.73 Å². The van der Waals surface area contributed by atoms with E-state index in [4.69, 9.17) is 5.73 Å². The summed E-state index contributed by atoms with van der Waals surface area (Å²) < 4.78 is 0. The average Bonchev–Trinajstić information content (AvgIpc) is 2.33. The van der Waals surface area contributed by atoms with Gasteiger partial charge in [-0.25, -0.2) is 4.79 Å². The van der Waals surface area contributed by atoms with Crippen LogP contribution in [0.1, 0.15) is 5.69 Å². The standard InChI is InChI=1S/C11H10N4O2/c12-9-8(14-11(17)15-10(9)16)6-13-7-4-2-1-3-5-7/h1-6H,12H2,(H2,14,15,16,17). The van der Waals surface area contributed by atoms with Crippen LogP contribution in [-0.2, 0) is 0 Å². The van der Waals surface area contributed by atoms with Crippen molar-refractivity contribution < 1.29 is 0 Å². The van der Waals surface area contributed by atoms with Crippen molar-refractivity contribution in [1.29, 1.82) is 0 Å². The Morgan fingerprint density at radius 2 is 1.82 bits per heavy atom. The van der Waals surface area contributed by atoms with Gasteiger partial charge in [-0.15, -0.1) is 0 Å². The number of aromatic nitrogens is 2. The number of para-hydroxylation sites is 1. The quantitative estimate of drug-likeness (QED) is 0.650. The first-order valence-corrected chi connectivity index (χ1v) is 4.88. The van der Waals surface area contributed by atoms with Crippen LogP contribution >= 0.6 is 0 Å². The molecule has 0 aliphatic rings. The van der Waals surface area contributed by atoms with Gasteiger partial charge < -0.3 is 10.7 Å². The molecule has 86 valence electrons. The lowest BCUT2D eigenvalue weighted by Gasteiger charge is -1.97. The lowest BCUT2D eigenvalue weighted by Crippen LogP contribution is -2.26. The van der Waals surface area contributed by atoms with Crippen LogP contribution in [0.5, 0.6) is 0 Å². The van der Waals surface area contributed by atoms with Gasteiger partial charge in [0, 0.05) is 0 Å². The van der Waals surface area contributed by atoms with E-state index < -0.39 is 11.2 Å². The average molecular weight is 230 g/mol. The summed E-state index contributed by atoms with van der Waals surface area (Å²) in [5.41, 5.74) is 5.11. The third-order valence-electron chi connectivity index (χ3n) is 2.11. The van der Waals surface area contributed by atoms with E-state index >= 15 is 0 Å². The summed E-state index contributed by atoms with van der Waals surface area (Å²) in [5.74, 6) is 0. The molecule has 0 aliphatic carbocycles. The smallest absolute Gasteiger partial charge is 0.326 e. The minimum Gasteiger partial charge on any atom is -0.393 e. The van der Waals surface area contributed by atoms with Crippen LogP contribution in [0.3, 0.4) is 0 Å². The molecule has 0 fully saturated rings. The largest absolute Gasteiger partial charge is 0.393 e. The van der Waals surface area contributed by atoms with E-state index in [2.05, 4.69) is 9.98 Å². The Kier molecular flexibility index (Phi) is 2.87. The van der Waals surface area contributed by atoms with Gasteiger partial charge in [-0.05, 0) is 12.1 Å². The predicted octanol–water partition coefficient (Wildman–Crippen LogP) is 0.396. The molecule has 0 saturated carbocycles. The highest BCUT2D eigenvalue weighted by Crippen LogP contribution is 2.09. The van der Waals surface area contributed by atoms with Crippen molar-refractivity contribution >= 4 is 17.6 Å². The van der Waals surface area contributed by atoms with Gasteiger partial charge in [0.15, 0.2) is 0 Å². The molecule has 6 nitrogen and oxygen atoms in total. The number of H-pyrrole nitrogens is 2. The Morgan fingerprint density at radius 3 is 2.53 bits per heavy atom. The number of rotatable bonds is 2. The zero-order valence-electron chi connectivity index (χ0n) is 8.81. The number of benzene rings is 1. The van der Waals surface area contributed by atoms with Crippen LogP contribution in [-0.4, -0.2) is 16.2 Å². The van der Waals surface area contributed by atoms with E-state index in [0.717, 1.165) is 0 Å². The van der Waals surface area contributed by atoms with E-state index in [1.165, 1.54) is 6.21 Å². The number of hydrogen-bond donors (Lipinski definition) is 3. The summed E-state index contributed by atoms with van der Waals surface area (Å²) in [6.07, 6.45) is 1.35. The fourth-order valence-electron chi connectivity index (χ4n) is 1.27. The number of aliphatic imine (C=N–C) groups is 1. The normalized spacial score (nSPS) is 10.8. The Hall–Kier alpha value is -2.63. The van der Waals surface area contributed by atoms with Gasteiger partial charge in [0.2, 0.25) is 0 Å². The van der Waals surface area contributed by atoms with Gasteiger partial charge in [-0.1, -0.05) is 18.2 Å². The SMILES string of the molecule is Nc1c(C=Nc2ccccc2)[nH]c(=O)[nH]c1=O. The number of nitrogens with two attached hydrogens (primary N) is 1. The van der Waals surface area contributed by atoms with Crippen molar-refractivity contribution in [2.24, 2.45) is 4.99 Å². The van der Waals surface area contributed by atoms with Crippen molar-refractivity contribution in [1.82, 2.24) is 9.97 Å². The molecule has 0 aliphatic heterocycles. The summed E-state index contributed by atoms with van der Waals surface area (Å²) in [7, 11) is 0. The molecule has 0 spiro atoms. The molecule has 0 atom stereocenters. The molecule has 1 heterocycles. The summed E-state index contributed by atoms with van der Waals surface area (Å²) in [6.45, 7) is 0. The van der Waals surface area contributed by atoms with Crippen LogP contribution < -0.4 is 17.0 Å². The Labute approximate surface area is 95.9 Å². The van der Waals surface area contributed by atoms with Crippen LogP contribution in [0.4, 0.5) is 11.4 Å². The second kappa shape index (κ2) is 4.48. The fraction of sp³-hybridized carbons (Fsp3) is 0. The molecule has 0 unspecified atom stereocenters. The van der Waals surface area contributed by atoms with Gasteiger partial charge in [0.1, 0.15) is 5.69 Å². The molecule has 1 aromatic carbocycles. The Bertz CT molecular complexity index is 655. The lowest BCUT2D eigenvalue weighted by atomic mass is 10.3. The second-order valence-electron chi connectivity index (χ2n) is 3.33. The molecule has 0 saturated heterocycles. The third kappa shape index (κ3) is 2.49. The highest BCUT2D eigenvalue weighted by atomic mass is 16.2. The highest BCUT2D eigenvalue weighted by Gasteiger charge is 2.02. The molecule has 2 rings (SSSR count). The summed E-state index contributed by atoms with van der Waals surface area (Å²) in [5, 5.41) is 0. The predicted molar refractivity (Wildman–Crippen MR) is 65.8 cm³/mol. The molecule has 4 N–H and O–H groups in total. The molecule has 6 heteroatoms. The zero-order chi connectivity index (χ0) is 12.3.